The quantitative estimate of drug-likeness (QED) is 0.754. The van der Waals surface area contributed by atoms with E-state index in [-0.39, 0.29) is 28.4 Å². The van der Waals surface area contributed by atoms with Crippen LogP contribution in [0.15, 0.2) is 47.4 Å². The Hall–Kier alpha value is -1.60. The minimum atomic E-state index is -3.61. The molecule has 2 N–H and O–H groups in total. The highest BCUT2D eigenvalue weighted by Crippen LogP contribution is 2.26. The Labute approximate surface area is 162 Å². The fraction of sp³-hybridized carbons (Fsp3) is 0.278. The molecule has 8 heteroatoms. The number of halogens is 2. The SMILES string of the molecule is CC(NC(=O)c1cccc(S(=O)(=O)NC2CC2)c1)c1ccc(Cl)cc1Cl. The van der Waals surface area contributed by atoms with Gasteiger partial charge in [0.25, 0.3) is 5.91 Å². The highest BCUT2D eigenvalue weighted by molar-refractivity contribution is 7.89. The molecule has 0 radical (unpaired) electrons. The number of amides is 1. The molecule has 0 aliphatic heterocycles. The van der Waals surface area contributed by atoms with Crippen LogP contribution in [0.5, 0.6) is 0 Å². The van der Waals surface area contributed by atoms with E-state index in [1.54, 1.807) is 37.3 Å². The van der Waals surface area contributed by atoms with Crippen molar-refractivity contribution >= 4 is 39.1 Å². The van der Waals surface area contributed by atoms with Gasteiger partial charge in [-0.15, -0.1) is 0 Å². The second kappa shape index (κ2) is 7.56. The Kier molecular flexibility index (Phi) is 5.58. The fourth-order valence-electron chi connectivity index (χ4n) is 2.50. The molecule has 0 bridgehead atoms. The van der Waals surface area contributed by atoms with E-state index in [0.29, 0.717) is 10.0 Å². The standard InChI is InChI=1S/C18H18Cl2N2O3S/c1-11(16-8-5-13(19)10-17(16)20)21-18(23)12-3-2-4-15(9-12)26(24,25)22-14-6-7-14/h2-5,8-11,14,22H,6-7H2,1H3,(H,21,23). The summed E-state index contributed by atoms with van der Waals surface area (Å²) in [7, 11) is -3.61. The van der Waals surface area contributed by atoms with E-state index < -0.39 is 10.0 Å². The van der Waals surface area contributed by atoms with Gasteiger partial charge in [0.2, 0.25) is 10.0 Å². The molecule has 3 rings (SSSR count). The summed E-state index contributed by atoms with van der Waals surface area (Å²) in [6.07, 6.45) is 1.69. The van der Waals surface area contributed by atoms with Crippen molar-refractivity contribution in [2.45, 2.75) is 36.7 Å². The van der Waals surface area contributed by atoms with Crippen LogP contribution in [-0.4, -0.2) is 20.4 Å². The van der Waals surface area contributed by atoms with Crippen LogP contribution in [-0.2, 0) is 10.0 Å². The average Bonchev–Trinajstić information content (AvgIpc) is 3.38. The van der Waals surface area contributed by atoms with Crippen LogP contribution in [0.25, 0.3) is 0 Å². The van der Waals surface area contributed by atoms with Crippen molar-refractivity contribution < 1.29 is 13.2 Å². The molecule has 1 saturated carbocycles. The first kappa shape index (κ1) is 19.2. The van der Waals surface area contributed by atoms with Crippen molar-refractivity contribution in [2.24, 2.45) is 0 Å². The highest BCUT2D eigenvalue weighted by Gasteiger charge is 2.28. The smallest absolute Gasteiger partial charge is 0.251 e. The van der Waals surface area contributed by atoms with Gasteiger partial charge in [0.15, 0.2) is 0 Å². The molecule has 138 valence electrons. The molecule has 1 unspecified atom stereocenters. The van der Waals surface area contributed by atoms with Gasteiger partial charge in [-0.2, -0.15) is 0 Å². The number of rotatable bonds is 6. The Morgan fingerprint density at radius 2 is 1.88 bits per heavy atom. The number of sulfonamides is 1. The molecule has 1 amide bonds. The zero-order valence-electron chi connectivity index (χ0n) is 14.0. The van der Waals surface area contributed by atoms with Crippen LogP contribution in [0.3, 0.4) is 0 Å². The Morgan fingerprint density at radius 3 is 2.54 bits per heavy atom. The highest BCUT2D eigenvalue weighted by atomic mass is 35.5. The molecule has 1 fully saturated rings. The van der Waals surface area contributed by atoms with Gasteiger partial charge in [0.1, 0.15) is 0 Å². The molecule has 1 atom stereocenters. The Bertz CT molecular complexity index is 943. The maximum atomic E-state index is 12.5. The third-order valence-corrected chi connectivity index (χ3v) is 6.16. The van der Waals surface area contributed by atoms with Crippen LogP contribution in [0.1, 0.15) is 41.7 Å². The van der Waals surface area contributed by atoms with Crippen LogP contribution in [0.4, 0.5) is 0 Å². The first-order valence-corrected chi connectivity index (χ1v) is 10.4. The molecule has 0 aromatic heterocycles. The van der Waals surface area contributed by atoms with E-state index in [0.717, 1.165) is 18.4 Å². The maximum absolute atomic E-state index is 12.5. The molecule has 0 heterocycles. The van der Waals surface area contributed by atoms with E-state index in [1.165, 1.54) is 12.1 Å². The summed E-state index contributed by atoms with van der Waals surface area (Å²) in [6, 6.07) is 10.7. The molecule has 0 spiro atoms. The zero-order valence-corrected chi connectivity index (χ0v) is 16.3. The largest absolute Gasteiger partial charge is 0.345 e. The number of nitrogens with one attached hydrogen (secondary N) is 2. The van der Waals surface area contributed by atoms with E-state index in [1.807, 2.05) is 0 Å². The first-order valence-electron chi connectivity index (χ1n) is 8.14. The van der Waals surface area contributed by atoms with Crippen molar-refractivity contribution in [3.05, 3.63) is 63.6 Å². The summed E-state index contributed by atoms with van der Waals surface area (Å²) in [4.78, 5) is 12.6. The summed E-state index contributed by atoms with van der Waals surface area (Å²) < 4.78 is 27.2. The Balaban J connectivity index is 1.76. The predicted molar refractivity (Wildman–Crippen MR) is 102 cm³/mol. The van der Waals surface area contributed by atoms with Crippen LogP contribution in [0.2, 0.25) is 10.0 Å². The second-order valence-electron chi connectivity index (χ2n) is 6.28. The first-order chi connectivity index (χ1) is 12.3. The van der Waals surface area contributed by atoms with Crippen molar-refractivity contribution in [3.63, 3.8) is 0 Å². The average molecular weight is 413 g/mol. The molecule has 1 aliphatic rings. The van der Waals surface area contributed by atoms with Crippen molar-refractivity contribution in [1.29, 1.82) is 0 Å². The fourth-order valence-corrected chi connectivity index (χ4v) is 4.43. The van der Waals surface area contributed by atoms with Crippen LogP contribution in [0, 0.1) is 0 Å². The molecule has 0 saturated heterocycles. The monoisotopic (exact) mass is 412 g/mol. The van der Waals surface area contributed by atoms with Gasteiger partial charge in [0.05, 0.1) is 10.9 Å². The van der Waals surface area contributed by atoms with E-state index in [4.69, 9.17) is 23.2 Å². The zero-order chi connectivity index (χ0) is 18.9. The van der Waals surface area contributed by atoms with Gasteiger partial charge in [-0.1, -0.05) is 35.3 Å². The maximum Gasteiger partial charge on any atom is 0.251 e. The van der Waals surface area contributed by atoms with Crippen LogP contribution >= 0.6 is 23.2 Å². The topological polar surface area (TPSA) is 75.3 Å². The van der Waals surface area contributed by atoms with Crippen molar-refractivity contribution in [1.82, 2.24) is 10.0 Å². The molecule has 1 aliphatic carbocycles. The van der Waals surface area contributed by atoms with Gasteiger partial charge in [0, 0.05) is 21.7 Å². The van der Waals surface area contributed by atoms with Crippen LogP contribution < -0.4 is 10.0 Å². The van der Waals surface area contributed by atoms with Gasteiger partial charge < -0.3 is 5.32 Å². The van der Waals surface area contributed by atoms with Gasteiger partial charge in [-0.25, -0.2) is 13.1 Å². The van der Waals surface area contributed by atoms with Gasteiger partial charge in [-0.3, -0.25) is 4.79 Å². The third-order valence-electron chi connectivity index (χ3n) is 4.08. The summed E-state index contributed by atoms with van der Waals surface area (Å²) in [6.45, 7) is 1.79. The lowest BCUT2D eigenvalue weighted by Gasteiger charge is -2.16. The summed E-state index contributed by atoms with van der Waals surface area (Å²) in [5.74, 6) is -0.382. The molecular formula is C18H18Cl2N2O3S. The number of hydrogen-bond acceptors (Lipinski definition) is 3. The number of carbonyl (C=O) groups is 1. The van der Waals surface area contributed by atoms with Gasteiger partial charge >= 0.3 is 0 Å². The normalized spacial score (nSPS) is 15.5. The Morgan fingerprint density at radius 1 is 1.15 bits per heavy atom. The number of benzene rings is 2. The predicted octanol–water partition coefficient (Wildman–Crippen LogP) is 3.93. The summed E-state index contributed by atoms with van der Waals surface area (Å²) in [5.41, 5.74) is 0.990. The lowest BCUT2D eigenvalue weighted by molar-refractivity contribution is 0.0939. The molecule has 2 aromatic rings. The van der Waals surface area contributed by atoms with Gasteiger partial charge in [-0.05, 0) is 55.7 Å². The summed E-state index contributed by atoms with van der Waals surface area (Å²) >= 11 is 12.1. The second-order valence-corrected chi connectivity index (χ2v) is 8.84. The van der Waals surface area contributed by atoms with Crippen molar-refractivity contribution in [3.8, 4) is 0 Å². The molecule has 5 nitrogen and oxygen atoms in total. The van der Waals surface area contributed by atoms with E-state index in [9.17, 15) is 13.2 Å². The minimum absolute atomic E-state index is 0.00421. The number of hydrogen-bond donors (Lipinski definition) is 2. The molecular weight excluding hydrogens is 395 g/mol. The minimum Gasteiger partial charge on any atom is -0.345 e. The molecule has 26 heavy (non-hydrogen) atoms. The third kappa shape index (κ3) is 4.57. The lowest BCUT2D eigenvalue weighted by Crippen LogP contribution is -2.28. The van der Waals surface area contributed by atoms with E-state index in [2.05, 4.69) is 10.0 Å². The lowest BCUT2D eigenvalue weighted by atomic mass is 10.1. The number of carbonyl (C=O) groups excluding carboxylic acids is 1. The van der Waals surface area contributed by atoms with Crippen molar-refractivity contribution in [2.75, 3.05) is 0 Å². The summed E-state index contributed by atoms with van der Waals surface area (Å²) in [5, 5.41) is 3.79. The van der Waals surface area contributed by atoms with E-state index >= 15 is 0 Å². The molecule has 2 aromatic carbocycles.